The van der Waals surface area contributed by atoms with Crippen LogP contribution in [0.2, 0.25) is 0 Å². The van der Waals surface area contributed by atoms with Gasteiger partial charge in [0.2, 0.25) is 0 Å². The summed E-state index contributed by atoms with van der Waals surface area (Å²) < 4.78 is 4.83. The maximum absolute atomic E-state index is 4.83. The van der Waals surface area contributed by atoms with Crippen molar-refractivity contribution in [2.75, 3.05) is 20.3 Å². The molecular weight excluding hydrogens is 114 g/mol. The minimum Gasteiger partial charge on any atom is -0.387 e. The van der Waals surface area contributed by atoms with Gasteiger partial charge >= 0.3 is 0 Å². The molecule has 0 aromatic heterocycles. The van der Waals surface area contributed by atoms with Crippen molar-refractivity contribution >= 4 is 0 Å². The molecule has 0 bridgehead atoms. The van der Waals surface area contributed by atoms with Gasteiger partial charge in [-0.05, 0) is 6.42 Å². The molecule has 2 nitrogen and oxygen atoms in total. The van der Waals surface area contributed by atoms with Gasteiger partial charge < -0.3 is 10.1 Å². The summed E-state index contributed by atoms with van der Waals surface area (Å²) in [6, 6.07) is 0. The lowest BCUT2D eigenvalue weighted by Crippen LogP contribution is -2.17. The maximum Gasteiger partial charge on any atom is 0.0635 e. The van der Waals surface area contributed by atoms with Gasteiger partial charge in [-0.1, -0.05) is 13.5 Å². The molecule has 0 spiro atoms. The van der Waals surface area contributed by atoms with Gasteiger partial charge in [0.15, 0.2) is 0 Å². The molecule has 0 aliphatic heterocycles. The molecule has 0 rings (SSSR count). The first-order valence-electron chi connectivity index (χ1n) is 3.21. The van der Waals surface area contributed by atoms with E-state index in [0.717, 1.165) is 25.3 Å². The Labute approximate surface area is 56.9 Å². The zero-order valence-corrected chi connectivity index (χ0v) is 6.24. The highest BCUT2D eigenvalue weighted by Gasteiger charge is 1.85. The normalized spacial score (nSPS) is 9.11. The number of hydrogen-bond donors (Lipinski definition) is 1. The zero-order chi connectivity index (χ0) is 7.11. The molecule has 0 amide bonds. The number of rotatable bonds is 5. The minimum atomic E-state index is 0.749. The van der Waals surface area contributed by atoms with Crippen molar-refractivity contribution in [1.29, 1.82) is 0 Å². The quantitative estimate of drug-likeness (QED) is 0.562. The smallest absolute Gasteiger partial charge is 0.0635 e. The fourth-order valence-corrected chi connectivity index (χ4v) is 0.455. The molecule has 0 aliphatic carbocycles. The van der Waals surface area contributed by atoms with E-state index in [2.05, 4.69) is 18.8 Å². The first kappa shape index (κ1) is 8.50. The molecule has 0 aliphatic rings. The Morgan fingerprint density at radius 2 is 2.33 bits per heavy atom. The predicted octanol–water partition coefficient (Wildman–Crippen LogP) is 1.15. The second-order valence-electron chi connectivity index (χ2n) is 1.88. The van der Waals surface area contributed by atoms with Gasteiger partial charge in [0.1, 0.15) is 0 Å². The van der Waals surface area contributed by atoms with E-state index in [4.69, 9.17) is 4.74 Å². The molecule has 0 radical (unpaired) electrons. The molecule has 1 N–H and O–H groups in total. The summed E-state index contributed by atoms with van der Waals surface area (Å²) in [6.07, 6.45) is 0.990. The third-order valence-corrected chi connectivity index (χ3v) is 1.11. The van der Waals surface area contributed by atoms with Crippen molar-refractivity contribution in [3.8, 4) is 0 Å². The maximum atomic E-state index is 4.83. The fraction of sp³-hybridized carbons (Fsp3) is 0.714. The summed E-state index contributed by atoms with van der Waals surface area (Å²) in [5, 5.41) is 3.11. The third kappa shape index (κ3) is 5.37. The predicted molar refractivity (Wildman–Crippen MR) is 39.3 cm³/mol. The summed E-state index contributed by atoms with van der Waals surface area (Å²) in [4.78, 5) is 0. The van der Waals surface area contributed by atoms with Crippen molar-refractivity contribution in [3.63, 3.8) is 0 Å². The molecule has 0 fully saturated rings. The van der Waals surface area contributed by atoms with Crippen LogP contribution < -0.4 is 5.32 Å². The molecule has 9 heavy (non-hydrogen) atoms. The molecule has 0 saturated heterocycles. The van der Waals surface area contributed by atoms with Crippen molar-refractivity contribution in [3.05, 3.63) is 12.3 Å². The fourth-order valence-electron chi connectivity index (χ4n) is 0.455. The molecular formula is C7H15NO. The van der Waals surface area contributed by atoms with E-state index in [9.17, 15) is 0 Å². The Balaban J connectivity index is 2.97. The zero-order valence-electron chi connectivity index (χ0n) is 6.24. The SMILES string of the molecule is C=C(CC)NCCOC. The van der Waals surface area contributed by atoms with E-state index in [1.165, 1.54) is 0 Å². The van der Waals surface area contributed by atoms with Crippen LogP contribution in [0.15, 0.2) is 12.3 Å². The van der Waals surface area contributed by atoms with E-state index in [1.807, 2.05) is 0 Å². The van der Waals surface area contributed by atoms with Crippen LogP contribution in [0.25, 0.3) is 0 Å². The first-order valence-corrected chi connectivity index (χ1v) is 3.21. The second-order valence-corrected chi connectivity index (χ2v) is 1.88. The summed E-state index contributed by atoms with van der Waals surface area (Å²) in [6.45, 7) is 7.46. The highest BCUT2D eigenvalue weighted by Crippen LogP contribution is 1.87. The Kier molecular flexibility index (Phi) is 5.32. The molecule has 0 aromatic rings. The average molecular weight is 129 g/mol. The van der Waals surface area contributed by atoms with E-state index >= 15 is 0 Å². The Morgan fingerprint density at radius 1 is 1.67 bits per heavy atom. The number of ether oxygens (including phenoxy) is 1. The van der Waals surface area contributed by atoms with E-state index in [0.29, 0.717) is 0 Å². The van der Waals surface area contributed by atoms with Crippen LogP contribution in [0.1, 0.15) is 13.3 Å². The van der Waals surface area contributed by atoms with Crippen molar-refractivity contribution < 1.29 is 4.74 Å². The Morgan fingerprint density at radius 3 is 2.78 bits per heavy atom. The largest absolute Gasteiger partial charge is 0.387 e. The first-order chi connectivity index (χ1) is 4.31. The monoisotopic (exact) mass is 129 g/mol. The van der Waals surface area contributed by atoms with Crippen LogP contribution >= 0.6 is 0 Å². The third-order valence-electron chi connectivity index (χ3n) is 1.11. The van der Waals surface area contributed by atoms with Crippen LogP contribution in [0.3, 0.4) is 0 Å². The number of methoxy groups -OCH3 is 1. The van der Waals surface area contributed by atoms with E-state index in [1.54, 1.807) is 7.11 Å². The van der Waals surface area contributed by atoms with Gasteiger partial charge in [-0.15, -0.1) is 0 Å². The topological polar surface area (TPSA) is 21.3 Å². The van der Waals surface area contributed by atoms with Gasteiger partial charge in [0, 0.05) is 19.4 Å². The lowest BCUT2D eigenvalue weighted by molar-refractivity contribution is 0.202. The summed E-state index contributed by atoms with van der Waals surface area (Å²) >= 11 is 0. The van der Waals surface area contributed by atoms with Crippen LogP contribution in [-0.4, -0.2) is 20.3 Å². The van der Waals surface area contributed by atoms with Crippen LogP contribution in [0.5, 0.6) is 0 Å². The van der Waals surface area contributed by atoms with Crippen LogP contribution in [0.4, 0.5) is 0 Å². The van der Waals surface area contributed by atoms with Crippen molar-refractivity contribution in [2.24, 2.45) is 0 Å². The van der Waals surface area contributed by atoms with Gasteiger partial charge in [0.05, 0.1) is 6.61 Å². The molecule has 0 saturated carbocycles. The van der Waals surface area contributed by atoms with Gasteiger partial charge in [-0.2, -0.15) is 0 Å². The standard InChI is InChI=1S/C7H15NO/c1-4-7(2)8-5-6-9-3/h8H,2,4-6H2,1,3H3. The number of nitrogens with one attached hydrogen (secondary N) is 1. The summed E-state index contributed by atoms with van der Waals surface area (Å²) in [5.41, 5.74) is 1.08. The molecule has 0 unspecified atom stereocenters. The summed E-state index contributed by atoms with van der Waals surface area (Å²) in [5.74, 6) is 0. The van der Waals surface area contributed by atoms with Crippen molar-refractivity contribution in [1.82, 2.24) is 5.32 Å². The van der Waals surface area contributed by atoms with Crippen LogP contribution in [0, 0.1) is 0 Å². The minimum absolute atomic E-state index is 0.749. The number of allylic oxidation sites excluding steroid dienone is 1. The second kappa shape index (κ2) is 5.63. The summed E-state index contributed by atoms with van der Waals surface area (Å²) in [7, 11) is 1.69. The number of hydrogen-bond acceptors (Lipinski definition) is 2. The van der Waals surface area contributed by atoms with Gasteiger partial charge in [-0.25, -0.2) is 0 Å². The highest BCUT2D eigenvalue weighted by molar-refractivity contribution is 4.88. The lowest BCUT2D eigenvalue weighted by Gasteiger charge is -2.04. The van der Waals surface area contributed by atoms with Crippen LogP contribution in [-0.2, 0) is 4.74 Å². The van der Waals surface area contributed by atoms with E-state index < -0.39 is 0 Å². The molecule has 54 valence electrons. The van der Waals surface area contributed by atoms with Crippen molar-refractivity contribution in [2.45, 2.75) is 13.3 Å². The molecule has 0 heterocycles. The Hall–Kier alpha value is -0.500. The van der Waals surface area contributed by atoms with E-state index in [-0.39, 0.29) is 0 Å². The lowest BCUT2D eigenvalue weighted by atomic mass is 10.4. The molecule has 0 atom stereocenters. The Bertz CT molecular complexity index is 81.0. The highest BCUT2D eigenvalue weighted by atomic mass is 16.5. The molecule has 0 aromatic carbocycles. The van der Waals surface area contributed by atoms with Gasteiger partial charge in [-0.3, -0.25) is 0 Å². The molecule has 2 heteroatoms. The van der Waals surface area contributed by atoms with Gasteiger partial charge in [0.25, 0.3) is 0 Å². The average Bonchev–Trinajstić information content (AvgIpc) is 1.89.